The molecule has 4 nitrogen and oxygen atoms in total. The van der Waals surface area contributed by atoms with E-state index in [9.17, 15) is 13.2 Å². The van der Waals surface area contributed by atoms with Gasteiger partial charge in [0.25, 0.3) is 10.0 Å². The van der Waals surface area contributed by atoms with Crippen LogP contribution in [0, 0.1) is 3.57 Å². The van der Waals surface area contributed by atoms with Crippen molar-refractivity contribution in [2.75, 3.05) is 0 Å². The van der Waals surface area contributed by atoms with Crippen LogP contribution in [0.5, 0.6) is 0 Å². The molecule has 0 bridgehead atoms. The Balaban J connectivity index is 2.32. The van der Waals surface area contributed by atoms with Gasteiger partial charge in [0.2, 0.25) is 0 Å². The van der Waals surface area contributed by atoms with Crippen LogP contribution < -0.4 is 0 Å². The number of hydrogen-bond donors (Lipinski definition) is 0. The van der Waals surface area contributed by atoms with E-state index < -0.39 is 10.0 Å². The van der Waals surface area contributed by atoms with Crippen molar-refractivity contribution in [3.05, 3.63) is 62.3 Å². The Morgan fingerprint density at radius 2 is 1.77 bits per heavy atom. The SMILES string of the molecule is O=Cc1cn(S(=O)(=O)c2ccc(Br)cc2)c2cccc(I)c12. The molecule has 0 aliphatic heterocycles. The third-order valence-corrected chi connectivity index (χ3v) is 6.39. The molecule has 22 heavy (non-hydrogen) atoms. The zero-order valence-electron chi connectivity index (χ0n) is 11.0. The van der Waals surface area contributed by atoms with Crippen LogP contribution in [0.4, 0.5) is 0 Å². The van der Waals surface area contributed by atoms with Crippen molar-refractivity contribution >= 4 is 65.7 Å². The topological polar surface area (TPSA) is 56.1 Å². The van der Waals surface area contributed by atoms with Crippen LogP contribution >= 0.6 is 38.5 Å². The minimum Gasteiger partial charge on any atom is -0.298 e. The Morgan fingerprint density at radius 3 is 2.41 bits per heavy atom. The highest BCUT2D eigenvalue weighted by atomic mass is 127. The predicted octanol–water partition coefficient (Wildman–Crippen LogP) is 4.06. The molecular formula is C15H9BrINO3S. The van der Waals surface area contributed by atoms with Gasteiger partial charge in [-0.05, 0) is 59.0 Å². The van der Waals surface area contributed by atoms with E-state index in [4.69, 9.17) is 0 Å². The predicted molar refractivity (Wildman–Crippen MR) is 96.8 cm³/mol. The summed E-state index contributed by atoms with van der Waals surface area (Å²) in [5.74, 6) is 0. The number of benzene rings is 2. The number of halogens is 2. The molecule has 0 unspecified atom stereocenters. The normalized spacial score (nSPS) is 11.7. The molecule has 0 aliphatic rings. The molecule has 2 aromatic carbocycles. The fourth-order valence-electron chi connectivity index (χ4n) is 2.25. The van der Waals surface area contributed by atoms with E-state index in [0.717, 1.165) is 12.0 Å². The van der Waals surface area contributed by atoms with Crippen LogP contribution in [0.25, 0.3) is 10.9 Å². The summed E-state index contributed by atoms with van der Waals surface area (Å²) in [6, 6.07) is 11.7. The summed E-state index contributed by atoms with van der Waals surface area (Å²) in [6.07, 6.45) is 2.05. The fourth-order valence-corrected chi connectivity index (χ4v) is 4.68. The first-order chi connectivity index (χ1) is 10.4. The highest BCUT2D eigenvalue weighted by Gasteiger charge is 2.22. The van der Waals surface area contributed by atoms with E-state index in [1.165, 1.54) is 18.3 Å². The van der Waals surface area contributed by atoms with Crippen LogP contribution in [0.3, 0.4) is 0 Å². The van der Waals surface area contributed by atoms with Crippen LogP contribution in [-0.4, -0.2) is 18.7 Å². The molecule has 1 heterocycles. The zero-order chi connectivity index (χ0) is 15.9. The first-order valence-electron chi connectivity index (χ1n) is 6.21. The molecular weight excluding hydrogens is 481 g/mol. The smallest absolute Gasteiger partial charge is 0.268 e. The van der Waals surface area contributed by atoms with Crippen LogP contribution in [0.1, 0.15) is 10.4 Å². The van der Waals surface area contributed by atoms with Gasteiger partial charge in [0.1, 0.15) is 0 Å². The van der Waals surface area contributed by atoms with Gasteiger partial charge >= 0.3 is 0 Å². The van der Waals surface area contributed by atoms with Gasteiger partial charge in [-0.3, -0.25) is 4.79 Å². The number of carbonyl (C=O) groups is 1. The van der Waals surface area contributed by atoms with E-state index in [1.807, 2.05) is 6.07 Å². The van der Waals surface area contributed by atoms with Gasteiger partial charge in [-0.2, -0.15) is 0 Å². The van der Waals surface area contributed by atoms with Crippen LogP contribution in [-0.2, 0) is 10.0 Å². The largest absolute Gasteiger partial charge is 0.298 e. The van der Waals surface area contributed by atoms with Crippen molar-refractivity contribution in [1.29, 1.82) is 0 Å². The second-order valence-corrected chi connectivity index (χ2v) is 8.48. The number of nitrogens with zero attached hydrogens (tertiary/aromatic N) is 1. The second kappa shape index (κ2) is 5.78. The van der Waals surface area contributed by atoms with Crippen molar-refractivity contribution in [3.63, 3.8) is 0 Å². The summed E-state index contributed by atoms with van der Waals surface area (Å²) in [4.78, 5) is 11.4. The van der Waals surface area contributed by atoms with Gasteiger partial charge in [-0.25, -0.2) is 12.4 Å². The molecule has 3 rings (SSSR count). The van der Waals surface area contributed by atoms with E-state index in [2.05, 4.69) is 38.5 Å². The number of rotatable bonds is 3. The van der Waals surface area contributed by atoms with Crippen molar-refractivity contribution in [3.8, 4) is 0 Å². The number of hydrogen-bond acceptors (Lipinski definition) is 3. The maximum absolute atomic E-state index is 12.8. The highest BCUT2D eigenvalue weighted by Crippen LogP contribution is 2.29. The molecule has 0 amide bonds. The molecule has 0 aliphatic carbocycles. The molecule has 0 fully saturated rings. The van der Waals surface area contributed by atoms with Crippen molar-refractivity contribution < 1.29 is 13.2 Å². The molecule has 3 aromatic rings. The van der Waals surface area contributed by atoms with Crippen LogP contribution in [0.15, 0.2) is 58.0 Å². The molecule has 1 aromatic heterocycles. The number of aromatic nitrogens is 1. The summed E-state index contributed by atoms with van der Waals surface area (Å²) in [7, 11) is -3.75. The molecule has 0 radical (unpaired) electrons. The molecule has 0 saturated carbocycles. The van der Waals surface area contributed by atoms with Gasteiger partial charge in [-0.1, -0.05) is 22.0 Å². The number of carbonyl (C=O) groups excluding carboxylic acids is 1. The Labute approximate surface area is 149 Å². The Bertz CT molecular complexity index is 978. The second-order valence-electron chi connectivity index (χ2n) is 4.59. The van der Waals surface area contributed by atoms with E-state index in [0.29, 0.717) is 22.8 Å². The van der Waals surface area contributed by atoms with E-state index in [-0.39, 0.29) is 4.90 Å². The van der Waals surface area contributed by atoms with E-state index >= 15 is 0 Å². The van der Waals surface area contributed by atoms with Crippen molar-refractivity contribution in [2.24, 2.45) is 0 Å². The lowest BCUT2D eigenvalue weighted by molar-refractivity contribution is 0.112. The summed E-state index contributed by atoms with van der Waals surface area (Å²) < 4.78 is 28.5. The molecule has 7 heteroatoms. The number of fused-ring (bicyclic) bond motifs is 1. The Kier molecular flexibility index (Phi) is 4.13. The lowest BCUT2D eigenvalue weighted by Gasteiger charge is -2.07. The maximum Gasteiger partial charge on any atom is 0.268 e. The molecule has 0 spiro atoms. The lowest BCUT2D eigenvalue weighted by Crippen LogP contribution is -2.11. The first-order valence-corrected chi connectivity index (χ1v) is 9.52. The van der Waals surface area contributed by atoms with E-state index in [1.54, 1.807) is 24.3 Å². The van der Waals surface area contributed by atoms with Crippen LogP contribution in [0.2, 0.25) is 0 Å². The average Bonchev–Trinajstić information content (AvgIpc) is 2.88. The molecule has 0 atom stereocenters. The third kappa shape index (κ3) is 2.50. The van der Waals surface area contributed by atoms with Gasteiger partial charge < -0.3 is 0 Å². The Morgan fingerprint density at radius 1 is 1.09 bits per heavy atom. The Hall–Kier alpha value is -1.19. The monoisotopic (exact) mass is 489 g/mol. The molecule has 0 saturated heterocycles. The number of aldehydes is 1. The minimum atomic E-state index is -3.75. The first kappa shape index (κ1) is 15.7. The van der Waals surface area contributed by atoms with Gasteiger partial charge in [0, 0.05) is 25.2 Å². The fraction of sp³-hybridized carbons (Fsp3) is 0. The summed E-state index contributed by atoms with van der Waals surface area (Å²) in [5.41, 5.74) is 0.859. The summed E-state index contributed by atoms with van der Waals surface area (Å²) >= 11 is 5.38. The van der Waals surface area contributed by atoms with Gasteiger partial charge in [0.15, 0.2) is 6.29 Å². The summed E-state index contributed by atoms with van der Waals surface area (Å²) in [6.45, 7) is 0. The standard InChI is InChI=1S/C15H9BrINO3S/c16-11-4-6-12(7-5-11)22(20,21)18-8-10(9-19)15-13(17)2-1-3-14(15)18/h1-9H. The zero-order valence-corrected chi connectivity index (χ0v) is 15.6. The van der Waals surface area contributed by atoms with Crippen molar-refractivity contribution in [1.82, 2.24) is 3.97 Å². The highest BCUT2D eigenvalue weighted by molar-refractivity contribution is 14.1. The van der Waals surface area contributed by atoms with Gasteiger partial charge in [0.05, 0.1) is 10.4 Å². The minimum absolute atomic E-state index is 0.170. The third-order valence-electron chi connectivity index (χ3n) is 3.27. The average molecular weight is 490 g/mol. The lowest BCUT2D eigenvalue weighted by atomic mass is 10.2. The molecule has 0 N–H and O–H groups in total. The van der Waals surface area contributed by atoms with Gasteiger partial charge in [-0.15, -0.1) is 0 Å². The quantitative estimate of drug-likeness (QED) is 0.412. The van der Waals surface area contributed by atoms with Crippen molar-refractivity contribution in [2.45, 2.75) is 4.90 Å². The molecule has 112 valence electrons. The maximum atomic E-state index is 12.8. The summed E-state index contributed by atoms with van der Waals surface area (Å²) in [5, 5.41) is 0.652.